The Morgan fingerprint density at radius 2 is 2.22 bits per heavy atom. The molecule has 0 aliphatic heterocycles. The maximum Gasteiger partial charge on any atom is 0.234 e. The van der Waals surface area contributed by atoms with Gasteiger partial charge < -0.3 is 10.4 Å². The Bertz CT molecular complexity index is 396. The second kappa shape index (κ2) is 6.31. The van der Waals surface area contributed by atoms with Gasteiger partial charge in [0.15, 0.2) is 0 Å². The fraction of sp³-hybridized carbons (Fsp3) is 0.615. The number of aliphatic hydroxyl groups is 1. The summed E-state index contributed by atoms with van der Waals surface area (Å²) in [4.78, 5) is 14.7. The average molecular weight is 270 g/mol. The highest BCUT2D eigenvalue weighted by atomic mass is 32.1. The van der Waals surface area contributed by atoms with Crippen LogP contribution in [0.5, 0.6) is 0 Å². The highest BCUT2D eigenvalue weighted by molar-refractivity contribution is 7.10. The molecule has 0 unspecified atom stereocenters. The molecule has 0 atom stereocenters. The van der Waals surface area contributed by atoms with Crippen molar-refractivity contribution in [3.05, 3.63) is 21.9 Å². The van der Waals surface area contributed by atoms with Crippen molar-refractivity contribution in [1.82, 2.24) is 10.2 Å². The Hall–Kier alpha value is -0.910. The van der Waals surface area contributed by atoms with Crippen molar-refractivity contribution in [2.45, 2.75) is 32.9 Å². The van der Waals surface area contributed by atoms with E-state index in [4.69, 9.17) is 0 Å². The molecule has 1 aromatic heterocycles. The fourth-order valence-electron chi connectivity index (χ4n) is 1.78. The van der Waals surface area contributed by atoms with E-state index in [9.17, 15) is 9.90 Å². The number of thiophene rings is 1. The van der Waals surface area contributed by atoms with E-state index in [2.05, 4.69) is 5.32 Å². The van der Waals surface area contributed by atoms with Gasteiger partial charge in [0.1, 0.15) is 0 Å². The van der Waals surface area contributed by atoms with E-state index in [-0.39, 0.29) is 5.91 Å². The summed E-state index contributed by atoms with van der Waals surface area (Å²) in [5.74, 6) is -0.0189. The number of carbonyl (C=O) groups is 1. The zero-order chi connectivity index (χ0) is 13.8. The molecule has 0 aliphatic rings. The van der Waals surface area contributed by atoms with Crippen LogP contribution in [-0.4, -0.2) is 41.7 Å². The van der Waals surface area contributed by atoms with Crippen molar-refractivity contribution >= 4 is 17.2 Å². The Labute approximate surface area is 113 Å². The van der Waals surface area contributed by atoms with E-state index in [1.807, 2.05) is 30.3 Å². The minimum atomic E-state index is -0.778. The van der Waals surface area contributed by atoms with Gasteiger partial charge >= 0.3 is 0 Å². The smallest absolute Gasteiger partial charge is 0.234 e. The lowest BCUT2D eigenvalue weighted by molar-refractivity contribution is -0.122. The molecule has 0 fully saturated rings. The normalized spacial score (nSPS) is 11.9. The monoisotopic (exact) mass is 270 g/mol. The predicted molar refractivity (Wildman–Crippen MR) is 74.7 cm³/mol. The van der Waals surface area contributed by atoms with Gasteiger partial charge in [0, 0.05) is 11.4 Å². The van der Waals surface area contributed by atoms with Gasteiger partial charge in [-0.15, -0.1) is 11.3 Å². The molecule has 0 aromatic carbocycles. The Kier molecular flexibility index (Phi) is 5.31. The first kappa shape index (κ1) is 15.1. The van der Waals surface area contributed by atoms with Crippen LogP contribution in [0.2, 0.25) is 0 Å². The molecule has 0 bridgehead atoms. The number of carbonyl (C=O) groups excluding carboxylic acids is 1. The molecule has 5 heteroatoms. The lowest BCUT2D eigenvalue weighted by Crippen LogP contribution is -2.41. The minimum absolute atomic E-state index is 0.0189. The zero-order valence-electron chi connectivity index (χ0n) is 11.5. The number of aryl methyl sites for hydroxylation is 1. The van der Waals surface area contributed by atoms with Crippen LogP contribution < -0.4 is 5.32 Å². The molecule has 1 heterocycles. The summed E-state index contributed by atoms with van der Waals surface area (Å²) in [6, 6.07) is 2.05. The number of likely N-dealkylation sites (N-methyl/N-ethyl adjacent to an activating group) is 1. The molecular weight excluding hydrogens is 248 g/mol. The largest absolute Gasteiger partial charge is 0.389 e. The molecule has 0 radical (unpaired) electrons. The van der Waals surface area contributed by atoms with E-state index < -0.39 is 5.60 Å². The molecule has 0 saturated carbocycles. The highest BCUT2D eigenvalue weighted by Gasteiger charge is 2.17. The Balaban J connectivity index is 2.32. The summed E-state index contributed by atoms with van der Waals surface area (Å²) in [5.41, 5.74) is 0.435. The van der Waals surface area contributed by atoms with Crippen LogP contribution in [0.1, 0.15) is 24.3 Å². The third kappa shape index (κ3) is 5.62. The van der Waals surface area contributed by atoms with E-state index in [1.54, 1.807) is 25.2 Å². The second-order valence-corrected chi connectivity index (χ2v) is 6.29. The number of rotatable bonds is 6. The number of hydrogen-bond donors (Lipinski definition) is 2. The summed E-state index contributed by atoms with van der Waals surface area (Å²) in [7, 11) is 1.83. The van der Waals surface area contributed by atoms with E-state index >= 15 is 0 Å². The molecule has 0 aliphatic carbocycles. The molecule has 0 saturated heterocycles. The summed E-state index contributed by atoms with van der Waals surface area (Å²) >= 11 is 1.65. The van der Waals surface area contributed by atoms with Gasteiger partial charge in [0.25, 0.3) is 0 Å². The summed E-state index contributed by atoms with van der Waals surface area (Å²) < 4.78 is 0. The molecule has 4 nitrogen and oxygen atoms in total. The summed E-state index contributed by atoms with van der Waals surface area (Å²) in [6.07, 6.45) is 0. The third-order valence-electron chi connectivity index (χ3n) is 2.48. The van der Waals surface area contributed by atoms with Crippen molar-refractivity contribution in [1.29, 1.82) is 0 Å². The van der Waals surface area contributed by atoms with Gasteiger partial charge in [0.2, 0.25) is 5.91 Å². The first-order chi connectivity index (χ1) is 8.28. The lowest BCUT2D eigenvalue weighted by atomic mass is 10.1. The van der Waals surface area contributed by atoms with Crippen molar-refractivity contribution in [3.8, 4) is 0 Å². The SMILES string of the molecule is Cc1ccsc1CNC(=O)CN(C)CC(C)(C)O. The molecule has 2 N–H and O–H groups in total. The van der Waals surface area contributed by atoms with Gasteiger partial charge in [-0.2, -0.15) is 0 Å². The highest BCUT2D eigenvalue weighted by Crippen LogP contribution is 2.14. The topological polar surface area (TPSA) is 52.6 Å². The number of amides is 1. The maximum absolute atomic E-state index is 11.7. The van der Waals surface area contributed by atoms with Gasteiger partial charge in [-0.05, 0) is 44.8 Å². The van der Waals surface area contributed by atoms with Gasteiger partial charge in [-0.3, -0.25) is 9.69 Å². The van der Waals surface area contributed by atoms with Crippen LogP contribution in [0.4, 0.5) is 0 Å². The van der Waals surface area contributed by atoms with Gasteiger partial charge in [-0.1, -0.05) is 0 Å². The Morgan fingerprint density at radius 3 is 2.72 bits per heavy atom. The van der Waals surface area contributed by atoms with Gasteiger partial charge in [0.05, 0.1) is 18.7 Å². The second-order valence-electron chi connectivity index (χ2n) is 5.29. The molecular formula is C13H22N2O2S. The van der Waals surface area contributed by atoms with Crippen LogP contribution in [-0.2, 0) is 11.3 Å². The standard InChI is InChI=1S/C13H22N2O2S/c1-10-5-6-18-11(10)7-14-12(16)8-15(4)9-13(2,3)17/h5-6,17H,7-9H2,1-4H3,(H,14,16). The quantitative estimate of drug-likeness (QED) is 0.821. The number of hydrogen-bond acceptors (Lipinski definition) is 4. The van der Waals surface area contributed by atoms with Crippen molar-refractivity contribution in [2.75, 3.05) is 20.1 Å². The summed E-state index contributed by atoms with van der Waals surface area (Å²) in [5, 5.41) is 14.6. The molecule has 102 valence electrons. The molecule has 1 amide bonds. The van der Waals surface area contributed by atoms with Crippen molar-refractivity contribution < 1.29 is 9.90 Å². The van der Waals surface area contributed by atoms with Crippen LogP contribution >= 0.6 is 11.3 Å². The molecule has 1 aromatic rings. The Morgan fingerprint density at radius 1 is 1.56 bits per heavy atom. The number of nitrogens with one attached hydrogen (secondary N) is 1. The van der Waals surface area contributed by atoms with Crippen molar-refractivity contribution in [3.63, 3.8) is 0 Å². The van der Waals surface area contributed by atoms with Crippen LogP contribution in [0.15, 0.2) is 11.4 Å². The van der Waals surface area contributed by atoms with E-state index in [0.29, 0.717) is 19.6 Å². The van der Waals surface area contributed by atoms with Crippen LogP contribution in [0.25, 0.3) is 0 Å². The number of nitrogens with zero attached hydrogens (tertiary/aromatic N) is 1. The van der Waals surface area contributed by atoms with Crippen molar-refractivity contribution in [2.24, 2.45) is 0 Å². The van der Waals surface area contributed by atoms with E-state index in [0.717, 1.165) is 0 Å². The fourth-order valence-corrected chi connectivity index (χ4v) is 2.63. The molecule has 0 spiro atoms. The van der Waals surface area contributed by atoms with Gasteiger partial charge in [-0.25, -0.2) is 0 Å². The molecule has 1 rings (SSSR count). The van der Waals surface area contributed by atoms with Crippen LogP contribution in [0, 0.1) is 6.92 Å². The third-order valence-corrected chi connectivity index (χ3v) is 3.51. The van der Waals surface area contributed by atoms with Crippen LogP contribution in [0.3, 0.4) is 0 Å². The average Bonchev–Trinajstić information content (AvgIpc) is 2.57. The first-order valence-corrected chi connectivity index (χ1v) is 6.86. The molecule has 18 heavy (non-hydrogen) atoms. The van der Waals surface area contributed by atoms with E-state index in [1.165, 1.54) is 10.4 Å². The lowest BCUT2D eigenvalue weighted by Gasteiger charge is -2.24. The minimum Gasteiger partial charge on any atom is -0.389 e. The summed E-state index contributed by atoms with van der Waals surface area (Å²) in [6.45, 7) is 6.86. The zero-order valence-corrected chi connectivity index (χ0v) is 12.3. The first-order valence-electron chi connectivity index (χ1n) is 5.98. The maximum atomic E-state index is 11.7. The predicted octanol–water partition coefficient (Wildman–Crippen LogP) is 1.38.